The van der Waals surface area contributed by atoms with Gasteiger partial charge in [-0.25, -0.2) is 0 Å². The minimum Gasteiger partial charge on any atom is -0.315 e. The van der Waals surface area contributed by atoms with Crippen molar-refractivity contribution in [3.8, 4) is 0 Å². The molecule has 4 aliphatic heterocycles. The summed E-state index contributed by atoms with van der Waals surface area (Å²) in [4.78, 5) is 2.73. The van der Waals surface area contributed by atoms with Crippen LogP contribution in [-0.4, -0.2) is 75.0 Å². The van der Waals surface area contributed by atoms with E-state index < -0.39 is 0 Å². The summed E-state index contributed by atoms with van der Waals surface area (Å²) in [6, 6.07) is 0. The molecule has 2 atom stereocenters. The molecule has 4 heteroatoms. The van der Waals surface area contributed by atoms with Crippen molar-refractivity contribution in [3.63, 3.8) is 0 Å². The SMILES string of the molecule is CC(N1CC2(CNC2)C1)[N+]1(C)CCC2(CNC2)C1. The third kappa shape index (κ3) is 1.46. The normalized spacial score (nSPS) is 42.3. The molecule has 2 N–H and O–H groups in total. The van der Waals surface area contributed by atoms with Crippen LogP contribution in [-0.2, 0) is 0 Å². The van der Waals surface area contributed by atoms with E-state index in [1.165, 1.54) is 63.3 Å². The zero-order valence-corrected chi connectivity index (χ0v) is 11.8. The molecule has 4 fully saturated rings. The molecule has 4 rings (SSSR count). The minimum absolute atomic E-state index is 0.656. The van der Waals surface area contributed by atoms with Crippen LogP contribution in [0.3, 0.4) is 0 Å². The van der Waals surface area contributed by atoms with Crippen LogP contribution < -0.4 is 10.6 Å². The molecular formula is C14H27N4+. The third-order valence-electron chi connectivity index (χ3n) is 6.36. The molecule has 4 nitrogen and oxygen atoms in total. The predicted octanol–water partition coefficient (Wildman–Crippen LogP) is -0.322. The summed E-state index contributed by atoms with van der Waals surface area (Å²) < 4.78 is 1.28. The highest BCUT2D eigenvalue weighted by atomic mass is 15.5. The van der Waals surface area contributed by atoms with Crippen molar-refractivity contribution in [2.45, 2.75) is 19.5 Å². The number of quaternary nitrogens is 1. The maximum absolute atomic E-state index is 3.48. The third-order valence-corrected chi connectivity index (χ3v) is 6.36. The van der Waals surface area contributed by atoms with Crippen LogP contribution in [0.4, 0.5) is 0 Å². The lowest BCUT2D eigenvalue weighted by molar-refractivity contribution is -0.936. The Kier molecular flexibility index (Phi) is 2.25. The first-order chi connectivity index (χ1) is 8.55. The molecule has 102 valence electrons. The fourth-order valence-electron chi connectivity index (χ4n) is 4.68. The van der Waals surface area contributed by atoms with E-state index in [-0.39, 0.29) is 0 Å². The number of hydrogen-bond acceptors (Lipinski definition) is 3. The average Bonchev–Trinajstić information content (AvgIpc) is 2.53. The first kappa shape index (κ1) is 11.6. The molecule has 18 heavy (non-hydrogen) atoms. The van der Waals surface area contributed by atoms with Crippen molar-refractivity contribution >= 4 is 0 Å². The van der Waals surface area contributed by atoms with Gasteiger partial charge < -0.3 is 15.1 Å². The molecule has 0 radical (unpaired) electrons. The standard InChI is InChI=1S/C14H27N4/c1-12(17-9-14(10-17)7-16-8-14)18(2)4-3-13(11-18)5-15-6-13/h12,15-16H,3-11H2,1-2H3/q+1. The molecular weight excluding hydrogens is 224 g/mol. The molecule has 0 amide bonds. The number of likely N-dealkylation sites (tertiary alicyclic amines) is 2. The highest BCUT2D eigenvalue weighted by Gasteiger charge is 2.56. The second-order valence-corrected chi connectivity index (χ2v) is 7.86. The fraction of sp³-hybridized carbons (Fsp3) is 1.00. The molecule has 0 bridgehead atoms. The molecule has 0 saturated carbocycles. The van der Waals surface area contributed by atoms with Crippen LogP contribution in [0.15, 0.2) is 0 Å². The summed E-state index contributed by atoms with van der Waals surface area (Å²) in [6.07, 6.45) is 2.15. The van der Waals surface area contributed by atoms with Crippen LogP contribution in [0.2, 0.25) is 0 Å². The number of rotatable bonds is 2. The molecule has 0 aromatic heterocycles. The van der Waals surface area contributed by atoms with Crippen LogP contribution in [0.1, 0.15) is 13.3 Å². The van der Waals surface area contributed by atoms with Crippen molar-refractivity contribution < 1.29 is 4.48 Å². The van der Waals surface area contributed by atoms with Crippen molar-refractivity contribution in [2.24, 2.45) is 10.8 Å². The summed E-state index contributed by atoms with van der Waals surface area (Å²) in [5, 5.41) is 6.91. The van der Waals surface area contributed by atoms with Gasteiger partial charge in [0.2, 0.25) is 0 Å². The van der Waals surface area contributed by atoms with E-state index in [0.717, 1.165) is 6.17 Å². The predicted molar refractivity (Wildman–Crippen MR) is 72.2 cm³/mol. The van der Waals surface area contributed by atoms with Crippen molar-refractivity contribution in [3.05, 3.63) is 0 Å². The smallest absolute Gasteiger partial charge is 0.142 e. The molecule has 2 unspecified atom stereocenters. The molecule has 0 aromatic carbocycles. The Morgan fingerprint density at radius 3 is 2.11 bits per heavy atom. The molecule has 4 saturated heterocycles. The van der Waals surface area contributed by atoms with Gasteiger partial charge in [-0.2, -0.15) is 0 Å². The molecule has 0 aliphatic carbocycles. The second kappa shape index (κ2) is 3.48. The van der Waals surface area contributed by atoms with E-state index >= 15 is 0 Å². The molecule has 0 aromatic rings. The summed E-state index contributed by atoms with van der Waals surface area (Å²) in [5.41, 5.74) is 1.33. The van der Waals surface area contributed by atoms with Crippen LogP contribution in [0.5, 0.6) is 0 Å². The maximum atomic E-state index is 3.48. The number of nitrogens with zero attached hydrogens (tertiary/aromatic N) is 2. The van der Waals surface area contributed by atoms with Gasteiger partial charge in [-0.15, -0.1) is 0 Å². The van der Waals surface area contributed by atoms with E-state index in [1.54, 1.807) is 0 Å². The summed E-state index contributed by atoms with van der Waals surface area (Å²) in [6.45, 7) is 12.9. The average molecular weight is 251 g/mol. The van der Waals surface area contributed by atoms with Crippen LogP contribution >= 0.6 is 0 Å². The Balaban J connectivity index is 1.40. The van der Waals surface area contributed by atoms with Gasteiger partial charge in [-0.05, 0) is 0 Å². The Labute approximate surface area is 110 Å². The van der Waals surface area contributed by atoms with Crippen LogP contribution in [0, 0.1) is 10.8 Å². The van der Waals surface area contributed by atoms with Gasteiger partial charge >= 0.3 is 0 Å². The lowest BCUT2D eigenvalue weighted by Crippen LogP contribution is -2.75. The van der Waals surface area contributed by atoms with E-state index in [1.807, 2.05) is 0 Å². The summed E-state index contributed by atoms with van der Waals surface area (Å²) in [7, 11) is 2.49. The Hall–Kier alpha value is -0.160. The highest BCUT2D eigenvalue weighted by Crippen LogP contribution is 2.42. The number of hydrogen-bond donors (Lipinski definition) is 2. The van der Waals surface area contributed by atoms with Gasteiger partial charge in [0.15, 0.2) is 0 Å². The summed E-state index contributed by atoms with van der Waals surface area (Å²) in [5.74, 6) is 0. The van der Waals surface area contributed by atoms with E-state index in [9.17, 15) is 0 Å². The Morgan fingerprint density at radius 1 is 1.06 bits per heavy atom. The minimum atomic E-state index is 0.656. The van der Waals surface area contributed by atoms with Gasteiger partial charge in [-0.1, -0.05) is 0 Å². The summed E-state index contributed by atoms with van der Waals surface area (Å²) >= 11 is 0. The van der Waals surface area contributed by atoms with Crippen molar-refractivity contribution in [1.29, 1.82) is 0 Å². The molecule has 4 heterocycles. The van der Waals surface area contributed by atoms with Crippen molar-refractivity contribution in [2.75, 3.05) is 59.4 Å². The second-order valence-electron chi connectivity index (χ2n) is 7.86. The van der Waals surface area contributed by atoms with Crippen molar-refractivity contribution in [1.82, 2.24) is 15.5 Å². The van der Waals surface area contributed by atoms with Gasteiger partial charge in [0.05, 0.1) is 20.1 Å². The fourth-order valence-corrected chi connectivity index (χ4v) is 4.68. The van der Waals surface area contributed by atoms with E-state index in [4.69, 9.17) is 0 Å². The first-order valence-electron chi connectivity index (χ1n) is 7.55. The lowest BCUT2D eigenvalue weighted by Gasteiger charge is -2.59. The number of nitrogens with one attached hydrogen (secondary N) is 2. The van der Waals surface area contributed by atoms with Gasteiger partial charge in [-0.3, -0.25) is 4.90 Å². The highest BCUT2D eigenvalue weighted by molar-refractivity contribution is 5.04. The van der Waals surface area contributed by atoms with Gasteiger partial charge in [0.25, 0.3) is 0 Å². The largest absolute Gasteiger partial charge is 0.315 e. The zero-order valence-electron chi connectivity index (χ0n) is 11.8. The van der Waals surface area contributed by atoms with Gasteiger partial charge in [0, 0.05) is 63.4 Å². The van der Waals surface area contributed by atoms with Gasteiger partial charge in [0.1, 0.15) is 6.17 Å². The lowest BCUT2D eigenvalue weighted by atomic mass is 9.74. The van der Waals surface area contributed by atoms with E-state index in [0.29, 0.717) is 10.8 Å². The Morgan fingerprint density at radius 2 is 1.67 bits per heavy atom. The zero-order chi connectivity index (χ0) is 12.4. The molecule has 2 spiro atoms. The first-order valence-corrected chi connectivity index (χ1v) is 7.55. The quantitative estimate of drug-likeness (QED) is 0.659. The van der Waals surface area contributed by atoms with Crippen LogP contribution in [0.25, 0.3) is 0 Å². The molecule has 4 aliphatic rings. The maximum Gasteiger partial charge on any atom is 0.142 e. The monoisotopic (exact) mass is 251 g/mol. The Bertz CT molecular complexity index is 353. The van der Waals surface area contributed by atoms with E-state index in [2.05, 4.69) is 29.5 Å². The topological polar surface area (TPSA) is 27.3 Å².